The molecule has 14 heavy (non-hydrogen) atoms. The van der Waals surface area contributed by atoms with Crippen LogP contribution in [0.15, 0.2) is 24.3 Å². The van der Waals surface area contributed by atoms with Crippen LogP contribution in [0.4, 0.5) is 5.82 Å². The van der Waals surface area contributed by atoms with Gasteiger partial charge in [0.05, 0.1) is 17.1 Å². The fourth-order valence-corrected chi connectivity index (χ4v) is 1.50. The van der Waals surface area contributed by atoms with Crippen LogP contribution < -0.4 is 5.73 Å². The second-order valence-corrected chi connectivity index (χ2v) is 3.18. The molecule has 2 rings (SSSR count). The van der Waals surface area contributed by atoms with E-state index in [-0.39, 0.29) is 0 Å². The van der Waals surface area contributed by atoms with Gasteiger partial charge >= 0.3 is 0 Å². The lowest BCUT2D eigenvalue weighted by Gasteiger charge is -2.03. The zero-order chi connectivity index (χ0) is 10.1. The van der Waals surface area contributed by atoms with Gasteiger partial charge in [-0.15, -0.1) is 0 Å². The SMILES string of the molecule is Cc1cccc2c(C#N)cc(N)nc12. The molecule has 1 aromatic heterocycles. The number of nitrogen functional groups attached to an aromatic ring is 1. The number of fused-ring (bicyclic) bond motifs is 1. The van der Waals surface area contributed by atoms with Crippen molar-refractivity contribution in [1.29, 1.82) is 5.26 Å². The topological polar surface area (TPSA) is 62.7 Å². The lowest BCUT2D eigenvalue weighted by Crippen LogP contribution is -1.94. The minimum atomic E-state index is 0.392. The van der Waals surface area contributed by atoms with E-state index >= 15 is 0 Å². The summed E-state index contributed by atoms with van der Waals surface area (Å²) in [5.74, 6) is 0.392. The van der Waals surface area contributed by atoms with Crippen molar-refractivity contribution in [1.82, 2.24) is 4.98 Å². The van der Waals surface area contributed by atoms with Crippen LogP contribution in [0.1, 0.15) is 11.1 Å². The normalized spacial score (nSPS) is 10.0. The van der Waals surface area contributed by atoms with Crippen LogP contribution in [0.5, 0.6) is 0 Å². The number of nitrogens with two attached hydrogens (primary N) is 1. The summed E-state index contributed by atoms with van der Waals surface area (Å²) in [6, 6.07) is 9.47. The molecule has 0 unspecified atom stereocenters. The van der Waals surface area contributed by atoms with E-state index in [0.29, 0.717) is 11.4 Å². The molecule has 1 heterocycles. The number of hydrogen-bond acceptors (Lipinski definition) is 3. The predicted molar refractivity (Wildman–Crippen MR) is 55.6 cm³/mol. The molecular weight excluding hydrogens is 174 g/mol. The lowest BCUT2D eigenvalue weighted by atomic mass is 10.1. The number of aromatic nitrogens is 1. The third kappa shape index (κ3) is 1.17. The molecule has 0 bridgehead atoms. The molecule has 3 nitrogen and oxygen atoms in total. The number of aryl methyl sites for hydroxylation is 1. The summed E-state index contributed by atoms with van der Waals surface area (Å²) in [4.78, 5) is 4.21. The molecule has 2 aromatic rings. The summed E-state index contributed by atoms with van der Waals surface area (Å²) in [6.45, 7) is 1.95. The van der Waals surface area contributed by atoms with Crippen molar-refractivity contribution in [2.45, 2.75) is 6.92 Å². The third-order valence-electron chi connectivity index (χ3n) is 2.18. The minimum absolute atomic E-state index is 0.392. The molecule has 0 saturated heterocycles. The van der Waals surface area contributed by atoms with Crippen molar-refractivity contribution in [2.75, 3.05) is 5.73 Å². The van der Waals surface area contributed by atoms with Crippen LogP contribution in [-0.2, 0) is 0 Å². The Morgan fingerprint density at radius 1 is 1.43 bits per heavy atom. The number of anilines is 1. The maximum absolute atomic E-state index is 8.92. The molecule has 1 aromatic carbocycles. The summed E-state index contributed by atoms with van der Waals surface area (Å²) >= 11 is 0. The molecule has 0 saturated carbocycles. The summed E-state index contributed by atoms with van der Waals surface area (Å²) in [7, 11) is 0. The second kappa shape index (κ2) is 3.00. The summed E-state index contributed by atoms with van der Waals surface area (Å²) < 4.78 is 0. The smallest absolute Gasteiger partial charge is 0.125 e. The fourth-order valence-electron chi connectivity index (χ4n) is 1.50. The summed E-state index contributed by atoms with van der Waals surface area (Å²) in [5.41, 5.74) is 8.03. The highest BCUT2D eigenvalue weighted by Gasteiger charge is 2.04. The van der Waals surface area contributed by atoms with E-state index in [4.69, 9.17) is 11.0 Å². The van der Waals surface area contributed by atoms with Crippen molar-refractivity contribution in [2.24, 2.45) is 0 Å². The van der Waals surface area contributed by atoms with E-state index in [9.17, 15) is 0 Å². The first kappa shape index (κ1) is 8.52. The Hall–Kier alpha value is -2.08. The Labute approximate surface area is 81.8 Å². The number of nitrogens with zero attached hydrogens (tertiary/aromatic N) is 2. The second-order valence-electron chi connectivity index (χ2n) is 3.18. The first-order valence-electron chi connectivity index (χ1n) is 4.28. The van der Waals surface area contributed by atoms with Crippen LogP contribution in [0.2, 0.25) is 0 Å². The highest BCUT2D eigenvalue weighted by atomic mass is 14.8. The fraction of sp³-hybridized carbons (Fsp3) is 0.0909. The molecule has 0 aliphatic heterocycles. The van der Waals surface area contributed by atoms with Gasteiger partial charge < -0.3 is 5.73 Å². The van der Waals surface area contributed by atoms with Crippen molar-refractivity contribution in [3.05, 3.63) is 35.4 Å². The Morgan fingerprint density at radius 2 is 2.21 bits per heavy atom. The molecule has 0 atom stereocenters. The zero-order valence-electron chi connectivity index (χ0n) is 7.78. The molecule has 2 N–H and O–H groups in total. The predicted octanol–water partition coefficient (Wildman–Crippen LogP) is 2.00. The Kier molecular flexibility index (Phi) is 1.83. The number of hydrogen-bond donors (Lipinski definition) is 1. The van der Waals surface area contributed by atoms with E-state index in [1.807, 2.05) is 25.1 Å². The van der Waals surface area contributed by atoms with Crippen molar-refractivity contribution in [3.63, 3.8) is 0 Å². The Bertz CT molecular complexity index is 538. The van der Waals surface area contributed by atoms with Gasteiger partial charge in [-0.2, -0.15) is 5.26 Å². The molecule has 3 heteroatoms. The van der Waals surface area contributed by atoms with Crippen molar-refractivity contribution in [3.8, 4) is 6.07 Å². The summed E-state index contributed by atoms with van der Waals surface area (Å²) in [5, 5.41) is 9.78. The highest BCUT2D eigenvalue weighted by Crippen LogP contribution is 2.21. The van der Waals surface area contributed by atoms with Gasteiger partial charge in [-0.05, 0) is 18.6 Å². The lowest BCUT2D eigenvalue weighted by molar-refractivity contribution is 1.36. The first-order valence-corrected chi connectivity index (χ1v) is 4.28. The van der Waals surface area contributed by atoms with Gasteiger partial charge in [-0.1, -0.05) is 18.2 Å². The third-order valence-corrected chi connectivity index (χ3v) is 2.18. The molecule has 0 fully saturated rings. The maximum Gasteiger partial charge on any atom is 0.125 e. The largest absolute Gasteiger partial charge is 0.384 e. The number of para-hydroxylation sites is 1. The Morgan fingerprint density at radius 3 is 2.93 bits per heavy atom. The molecule has 68 valence electrons. The van der Waals surface area contributed by atoms with Gasteiger partial charge in [0, 0.05) is 5.39 Å². The molecular formula is C11H9N3. The van der Waals surface area contributed by atoms with E-state index in [0.717, 1.165) is 16.5 Å². The molecule has 0 spiro atoms. The van der Waals surface area contributed by atoms with E-state index in [1.165, 1.54) is 0 Å². The van der Waals surface area contributed by atoms with Gasteiger partial charge in [-0.3, -0.25) is 0 Å². The van der Waals surface area contributed by atoms with Gasteiger partial charge in [0.1, 0.15) is 5.82 Å². The standard InChI is InChI=1S/C11H9N3/c1-7-3-2-4-9-8(6-12)5-10(13)14-11(7)9/h2-5H,1H3,(H2,13,14). The molecule has 0 radical (unpaired) electrons. The molecule has 0 aliphatic carbocycles. The molecule has 0 aliphatic rings. The van der Waals surface area contributed by atoms with Crippen LogP contribution in [0.3, 0.4) is 0 Å². The van der Waals surface area contributed by atoms with Crippen LogP contribution in [0.25, 0.3) is 10.9 Å². The van der Waals surface area contributed by atoms with Crippen LogP contribution in [-0.4, -0.2) is 4.98 Å². The van der Waals surface area contributed by atoms with E-state index < -0.39 is 0 Å². The molecule has 0 amide bonds. The number of benzene rings is 1. The number of pyridine rings is 1. The van der Waals surface area contributed by atoms with Gasteiger partial charge in [0.25, 0.3) is 0 Å². The van der Waals surface area contributed by atoms with Gasteiger partial charge in [0.2, 0.25) is 0 Å². The average molecular weight is 183 g/mol. The van der Waals surface area contributed by atoms with Gasteiger partial charge in [-0.25, -0.2) is 4.98 Å². The van der Waals surface area contributed by atoms with Crippen molar-refractivity contribution < 1.29 is 0 Å². The highest BCUT2D eigenvalue weighted by molar-refractivity contribution is 5.88. The van der Waals surface area contributed by atoms with E-state index in [2.05, 4.69) is 11.1 Å². The van der Waals surface area contributed by atoms with Crippen molar-refractivity contribution >= 4 is 16.7 Å². The number of nitriles is 1. The monoisotopic (exact) mass is 183 g/mol. The minimum Gasteiger partial charge on any atom is -0.384 e. The van der Waals surface area contributed by atoms with E-state index in [1.54, 1.807) is 6.07 Å². The van der Waals surface area contributed by atoms with Crippen LogP contribution in [0, 0.1) is 18.3 Å². The van der Waals surface area contributed by atoms with Crippen LogP contribution >= 0.6 is 0 Å². The summed E-state index contributed by atoms with van der Waals surface area (Å²) in [6.07, 6.45) is 0. The van der Waals surface area contributed by atoms with Gasteiger partial charge in [0.15, 0.2) is 0 Å². The first-order chi connectivity index (χ1) is 6.72. The quantitative estimate of drug-likeness (QED) is 0.679. The number of rotatable bonds is 0. The Balaban J connectivity index is 2.96. The maximum atomic E-state index is 8.92. The average Bonchev–Trinajstić information content (AvgIpc) is 2.18. The zero-order valence-corrected chi connectivity index (χ0v) is 7.78.